The number of nitrogens with zero attached hydrogens (tertiary/aromatic N) is 3. The Morgan fingerprint density at radius 1 is 0.879 bits per heavy atom. The molecule has 0 N–H and O–H groups in total. The molecule has 0 aliphatic heterocycles. The Labute approximate surface area is 192 Å². The molecule has 0 atom stereocenters. The first-order valence-electron chi connectivity index (χ1n) is 10.9. The molecule has 0 spiro atoms. The SMILES string of the molecule is COc1ccc(Cc2nc3ncc(-c4ccco4)cc3n2CCc2ccccc2)cc1OC. The van der Waals surface area contributed by atoms with E-state index in [1.54, 1.807) is 20.5 Å². The predicted octanol–water partition coefficient (Wildman–Crippen LogP) is 5.54. The largest absolute Gasteiger partial charge is 0.493 e. The average molecular weight is 440 g/mol. The second-order valence-corrected chi connectivity index (χ2v) is 7.83. The molecule has 6 heteroatoms. The fourth-order valence-corrected chi connectivity index (χ4v) is 4.07. The van der Waals surface area contributed by atoms with Gasteiger partial charge in [-0.2, -0.15) is 0 Å². The molecule has 0 bridgehead atoms. The van der Waals surface area contributed by atoms with Gasteiger partial charge in [0.15, 0.2) is 17.1 Å². The number of pyridine rings is 1. The van der Waals surface area contributed by atoms with Crippen molar-refractivity contribution in [1.82, 2.24) is 14.5 Å². The molecule has 166 valence electrons. The van der Waals surface area contributed by atoms with Crippen molar-refractivity contribution >= 4 is 11.2 Å². The van der Waals surface area contributed by atoms with E-state index in [0.29, 0.717) is 17.9 Å². The quantitative estimate of drug-likeness (QED) is 0.318. The van der Waals surface area contributed by atoms with Gasteiger partial charge in [0.2, 0.25) is 0 Å². The van der Waals surface area contributed by atoms with Crippen LogP contribution in [-0.2, 0) is 19.4 Å². The van der Waals surface area contributed by atoms with Gasteiger partial charge in [0.1, 0.15) is 11.6 Å². The molecule has 3 aromatic heterocycles. The fraction of sp³-hybridized carbons (Fsp3) is 0.185. The second-order valence-electron chi connectivity index (χ2n) is 7.83. The number of benzene rings is 2. The van der Waals surface area contributed by atoms with Crippen LogP contribution < -0.4 is 9.47 Å². The zero-order chi connectivity index (χ0) is 22.6. The number of ether oxygens (including phenoxy) is 2. The molecule has 0 aliphatic rings. The topological polar surface area (TPSA) is 62.3 Å². The predicted molar refractivity (Wildman–Crippen MR) is 128 cm³/mol. The summed E-state index contributed by atoms with van der Waals surface area (Å²) in [5.74, 6) is 3.17. The van der Waals surface area contributed by atoms with Crippen LogP contribution in [0, 0.1) is 0 Å². The standard InChI is InChI=1S/C27H25N3O3/c1-31-24-11-10-20(15-25(24)32-2)16-26-29-27-22(17-21(18-28-27)23-9-6-14-33-23)30(26)13-12-19-7-4-3-5-8-19/h3-11,14-15,17-18H,12-13,16H2,1-2H3. The maximum atomic E-state index is 5.59. The van der Waals surface area contributed by atoms with E-state index in [-0.39, 0.29) is 0 Å². The summed E-state index contributed by atoms with van der Waals surface area (Å²) in [5, 5.41) is 0. The second kappa shape index (κ2) is 9.20. The average Bonchev–Trinajstić information content (AvgIpc) is 3.51. The van der Waals surface area contributed by atoms with Crippen molar-refractivity contribution in [2.75, 3.05) is 14.2 Å². The van der Waals surface area contributed by atoms with E-state index < -0.39 is 0 Å². The van der Waals surface area contributed by atoms with E-state index in [9.17, 15) is 0 Å². The maximum absolute atomic E-state index is 5.59. The number of aryl methyl sites for hydroxylation is 2. The Kier molecular flexibility index (Phi) is 5.81. The number of methoxy groups -OCH3 is 2. The summed E-state index contributed by atoms with van der Waals surface area (Å²) in [6.07, 6.45) is 5.04. The Morgan fingerprint density at radius 2 is 1.73 bits per heavy atom. The third-order valence-electron chi connectivity index (χ3n) is 5.77. The van der Waals surface area contributed by atoms with Crippen LogP contribution >= 0.6 is 0 Å². The first-order valence-corrected chi connectivity index (χ1v) is 10.9. The van der Waals surface area contributed by atoms with Gasteiger partial charge in [-0.15, -0.1) is 0 Å². The van der Waals surface area contributed by atoms with Gasteiger partial charge in [-0.25, -0.2) is 9.97 Å². The van der Waals surface area contributed by atoms with Crippen molar-refractivity contribution in [2.45, 2.75) is 19.4 Å². The molecule has 6 nitrogen and oxygen atoms in total. The van der Waals surface area contributed by atoms with Gasteiger partial charge in [0.05, 0.1) is 26.0 Å². The normalized spacial score (nSPS) is 11.1. The van der Waals surface area contributed by atoms with Crippen LogP contribution in [0.5, 0.6) is 11.5 Å². The van der Waals surface area contributed by atoms with E-state index in [4.69, 9.17) is 18.9 Å². The number of hydrogen-bond donors (Lipinski definition) is 0. The number of fused-ring (bicyclic) bond motifs is 1. The molecule has 0 saturated carbocycles. The molecular formula is C27H25N3O3. The summed E-state index contributed by atoms with van der Waals surface area (Å²) in [5.41, 5.74) is 5.04. The molecule has 5 aromatic rings. The monoisotopic (exact) mass is 439 g/mol. The lowest BCUT2D eigenvalue weighted by Gasteiger charge is -2.12. The lowest BCUT2D eigenvalue weighted by Crippen LogP contribution is -2.07. The minimum atomic E-state index is 0.654. The molecule has 0 amide bonds. The molecule has 0 saturated heterocycles. The Balaban J connectivity index is 1.54. The smallest absolute Gasteiger partial charge is 0.177 e. The number of hydrogen-bond acceptors (Lipinski definition) is 5. The van der Waals surface area contributed by atoms with Crippen molar-refractivity contribution in [3.05, 3.63) is 96.1 Å². The van der Waals surface area contributed by atoms with Crippen molar-refractivity contribution in [2.24, 2.45) is 0 Å². The first-order chi connectivity index (χ1) is 16.2. The first kappa shape index (κ1) is 20.8. The number of rotatable bonds is 8. The van der Waals surface area contributed by atoms with Crippen LogP contribution in [0.25, 0.3) is 22.5 Å². The van der Waals surface area contributed by atoms with Crippen LogP contribution in [0.3, 0.4) is 0 Å². The molecule has 3 heterocycles. The van der Waals surface area contributed by atoms with Crippen molar-refractivity contribution in [3.63, 3.8) is 0 Å². The summed E-state index contributed by atoms with van der Waals surface area (Å²) in [4.78, 5) is 9.53. The van der Waals surface area contributed by atoms with Gasteiger partial charge in [0, 0.05) is 24.7 Å². The van der Waals surface area contributed by atoms with Gasteiger partial charge < -0.3 is 18.5 Å². The van der Waals surface area contributed by atoms with Gasteiger partial charge in [-0.05, 0) is 47.9 Å². The number of furan rings is 1. The minimum Gasteiger partial charge on any atom is -0.493 e. The molecule has 0 aliphatic carbocycles. The van der Waals surface area contributed by atoms with Crippen LogP contribution in [0.4, 0.5) is 0 Å². The van der Waals surface area contributed by atoms with Crippen LogP contribution in [0.15, 0.2) is 83.6 Å². The van der Waals surface area contributed by atoms with Crippen molar-refractivity contribution < 1.29 is 13.9 Å². The highest BCUT2D eigenvalue weighted by molar-refractivity contribution is 5.77. The van der Waals surface area contributed by atoms with Crippen molar-refractivity contribution in [1.29, 1.82) is 0 Å². The molecular weight excluding hydrogens is 414 g/mol. The Morgan fingerprint density at radius 3 is 2.48 bits per heavy atom. The zero-order valence-corrected chi connectivity index (χ0v) is 18.7. The summed E-state index contributed by atoms with van der Waals surface area (Å²) in [6, 6.07) is 22.4. The van der Waals surface area contributed by atoms with E-state index in [1.807, 2.05) is 42.6 Å². The Bertz CT molecular complexity index is 1360. The maximum Gasteiger partial charge on any atom is 0.177 e. The molecule has 0 radical (unpaired) electrons. The third-order valence-corrected chi connectivity index (χ3v) is 5.77. The van der Waals surface area contributed by atoms with E-state index in [2.05, 4.69) is 39.9 Å². The van der Waals surface area contributed by atoms with Crippen LogP contribution in [-0.4, -0.2) is 28.8 Å². The summed E-state index contributed by atoms with van der Waals surface area (Å²) < 4.78 is 18.7. The van der Waals surface area contributed by atoms with Gasteiger partial charge in [-0.3, -0.25) is 0 Å². The summed E-state index contributed by atoms with van der Waals surface area (Å²) in [6.45, 7) is 0.798. The highest BCUT2D eigenvalue weighted by Gasteiger charge is 2.15. The Hall–Kier alpha value is -4.06. The fourth-order valence-electron chi connectivity index (χ4n) is 4.07. The van der Waals surface area contributed by atoms with E-state index >= 15 is 0 Å². The molecule has 33 heavy (non-hydrogen) atoms. The minimum absolute atomic E-state index is 0.654. The highest BCUT2D eigenvalue weighted by atomic mass is 16.5. The third kappa shape index (κ3) is 4.32. The summed E-state index contributed by atoms with van der Waals surface area (Å²) in [7, 11) is 3.29. The van der Waals surface area contributed by atoms with E-state index in [1.165, 1.54) is 5.56 Å². The lowest BCUT2D eigenvalue weighted by molar-refractivity contribution is 0.354. The van der Waals surface area contributed by atoms with Crippen LogP contribution in [0.1, 0.15) is 17.0 Å². The molecule has 0 fully saturated rings. The summed E-state index contributed by atoms with van der Waals surface area (Å²) >= 11 is 0. The van der Waals surface area contributed by atoms with E-state index in [0.717, 1.165) is 46.8 Å². The van der Waals surface area contributed by atoms with Gasteiger partial charge in [0.25, 0.3) is 0 Å². The van der Waals surface area contributed by atoms with Crippen LogP contribution in [0.2, 0.25) is 0 Å². The number of aromatic nitrogens is 3. The van der Waals surface area contributed by atoms with Gasteiger partial charge >= 0.3 is 0 Å². The number of imidazole rings is 1. The highest BCUT2D eigenvalue weighted by Crippen LogP contribution is 2.30. The lowest BCUT2D eigenvalue weighted by atomic mass is 10.1. The molecule has 5 rings (SSSR count). The van der Waals surface area contributed by atoms with Crippen molar-refractivity contribution in [3.8, 4) is 22.8 Å². The molecule has 0 unspecified atom stereocenters. The zero-order valence-electron chi connectivity index (χ0n) is 18.7. The molecule has 2 aromatic carbocycles. The van der Waals surface area contributed by atoms with Gasteiger partial charge in [-0.1, -0.05) is 36.4 Å².